The Hall–Kier alpha value is 0.270. The van der Waals surface area contributed by atoms with Gasteiger partial charge in [-0.25, -0.2) is 0 Å². The van der Waals surface area contributed by atoms with Crippen LogP contribution in [0.5, 0.6) is 0 Å². The second kappa shape index (κ2) is 4.14. The van der Waals surface area contributed by atoms with Crippen LogP contribution >= 0.6 is 12.6 Å². The van der Waals surface area contributed by atoms with Gasteiger partial charge in [0.15, 0.2) is 0 Å². The SMILES string of the molecule is CC(C)OC(S)C(C)O. The monoisotopic (exact) mass is 150 g/mol. The molecule has 2 atom stereocenters. The summed E-state index contributed by atoms with van der Waals surface area (Å²) >= 11 is 3.99. The topological polar surface area (TPSA) is 29.5 Å². The van der Waals surface area contributed by atoms with Gasteiger partial charge in [-0.2, -0.15) is 0 Å². The first-order valence-corrected chi connectivity index (χ1v) is 3.57. The van der Waals surface area contributed by atoms with E-state index in [9.17, 15) is 0 Å². The third-order valence-electron chi connectivity index (χ3n) is 0.824. The first-order valence-electron chi connectivity index (χ1n) is 3.05. The predicted octanol–water partition coefficient (Wildman–Crippen LogP) is 1.05. The standard InChI is InChI=1S/C6H14O2S/c1-4(2)8-6(9)5(3)7/h4-7,9H,1-3H3. The van der Waals surface area contributed by atoms with Crippen molar-refractivity contribution in [2.75, 3.05) is 0 Å². The fourth-order valence-corrected chi connectivity index (χ4v) is 0.636. The highest BCUT2D eigenvalue weighted by Gasteiger charge is 2.10. The van der Waals surface area contributed by atoms with Crippen LogP contribution in [-0.4, -0.2) is 22.8 Å². The van der Waals surface area contributed by atoms with Crippen LogP contribution in [-0.2, 0) is 4.74 Å². The number of rotatable bonds is 3. The second-order valence-electron chi connectivity index (χ2n) is 2.32. The molecule has 0 saturated carbocycles. The lowest BCUT2D eigenvalue weighted by Crippen LogP contribution is -2.23. The van der Waals surface area contributed by atoms with Crippen LogP contribution in [0.2, 0.25) is 0 Å². The lowest BCUT2D eigenvalue weighted by atomic mass is 10.4. The van der Waals surface area contributed by atoms with E-state index >= 15 is 0 Å². The fourth-order valence-electron chi connectivity index (χ4n) is 0.393. The Balaban J connectivity index is 3.38. The highest BCUT2D eigenvalue weighted by atomic mass is 32.1. The van der Waals surface area contributed by atoms with Crippen molar-refractivity contribution in [3.8, 4) is 0 Å². The van der Waals surface area contributed by atoms with Crippen molar-refractivity contribution in [2.45, 2.75) is 38.4 Å². The van der Waals surface area contributed by atoms with Crippen LogP contribution in [0.1, 0.15) is 20.8 Å². The molecule has 0 heterocycles. The zero-order chi connectivity index (χ0) is 7.44. The number of hydrogen-bond acceptors (Lipinski definition) is 3. The van der Waals surface area contributed by atoms with E-state index < -0.39 is 6.10 Å². The minimum atomic E-state index is -0.504. The molecule has 0 aliphatic heterocycles. The van der Waals surface area contributed by atoms with Crippen molar-refractivity contribution in [1.29, 1.82) is 0 Å². The number of aliphatic hydroxyl groups is 1. The third-order valence-corrected chi connectivity index (χ3v) is 1.38. The quantitative estimate of drug-likeness (QED) is 0.465. The van der Waals surface area contributed by atoms with Gasteiger partial charge < -0.3 is 9.84 Å². The molecular formula is C6H14O2S. The molecule has 0 bridgehead atoms. The van der Waals surface area contributed by atoms with Crippen molar-refractivity contribution in [3.05, 3.63) is 0 Å². The molecule has 2 nitrogen and oxygen atoms in total. The molecule has 0 spiro atoms. The van der Waals surface area contributed by atoms with Gasteiger partial charge >= 0.3 is 0 Å². The summed E-state index contributed by atoms with van der Waals surface area (Å²) in [7, 11) is 0. The molecule has 56 valence electrons. The Morgan fingerprint density at radius 1 is 1.33 bits per heavy atom. The van der Waals surface area contributed by atoms with Gasteiger partial charge in [-0.1, -0.05) is 0 Å². The molecule has 0 aromatic carbocycles. The molecule has 0 aromatic heterocycles. The first-order chi connectivity index (χ1) is 4.04. The molecule has 0 radical (unpaired) electrons. The Labute approximate surface area is 61.6 Å². The molecular weight excluding hydrogens is 136 g/mol. The van der Waals surface area contributed by atoms with Gasteiger partial charge in [0.2, 0.25) is 0 Å². The summed E-state index contributed by atoms with van der Waals surface area (Å²) < 4.78 is 5.13. The van der Waals surface area contributed by atoms with E-state index in [0.29, 0.717) is 0 Å². The van der Waals surface area contributed by atoms with E-state index in [-0.39, 0.29) is 11.5 Å². The van der Waals surface area contributed by atoms with Crippen molar-refractivity contribution in [3.63, 3.8) is 0 Å². The van der Waals surface area contributed by atoms with Crippen LogP contribution in [0, 0.1) is 0 Å². The van der Waals surface area contributed by atoms with E-state index in [1.807, 2.05) is 13.8 Å². The summed E-state index contributed by atoms with van der Waals surface area (Å²) in [5.74, 6) is 0. The van der Waals surface area contributed by atoms with E-state index in [1.165, 1.54) is 0 Å². The summed E-state index contributed by atoms with van der Waals surface area (Å²) in [4.78, 5) is 0. The van der Waals surface area contributed by atoms with Gasteiger partial charge in [0.25, 0.3) is 0 Å². The van der Waals surface area contributed by atoms with Crippen molar-refractivity contribution < 1.29 is 9.84 Å². The normalized spacial score (nSPS) is 18.0. The molecule has 2 unspecified atom stereocenters. The maximum absolute atomic E-state index is 8.87. The smallest absolute Gasteiger partial charge is 0.126 e. The van der Waals surface area contributed by atoms with Gasteiger partial charge in [0.1, 0.15) is 5.44 Å². The minimum absolute atomic E-state index is 0.127. The molecule has 0 aliphatic carbocycles. The molecule has 0 aliphatic rings. The van der Waals surface area contributed by atoms with Crippen molar-refractivity contribution >= 4 is 12.6 Å². The summed E-state index contributed by atoms with van der Waals surface area (Å²) in [5, 5.41) is 8.87. The molecule has 0 amide bonds. The van der Waals surface area contributed by atoms with E-state index in [1.54, 1.807) is 6.92 Å². The Morgan fingerprint density at radius 3 is 1.89 bits per heavy atom. The van der Waals surface area contributed by atoms with Crippen molar-refractivity contribution in [2.24, 2.45) is 0 Å². The molecule has 1 N–H and O–H groups in total. The Bertz CT molecular complexity index is 73.5. The largest absolute Gasteiger partial charge is 0.390 e. The van der Waals surface area contributed by atoms with E-state index in [4.69, 9.17) is 9.84 Å². The molecule has 0 fully saturated rings. The van der Waals surface area contributed by atoms with Crippen molar-refractivity contribution in [1.82, 2.24) is 0 Å². The lowest BCUT2D eigenvalue weighted by Gasteiger charge is -2.17. The van der Waals surface area contributed by atoms with Gasteiger partial charge in [0.05, 0.1) is 12.2 Å². The lowest BCUT2D eigenvalue weighted by molar-refractivity contribution is -0.00732. The molecule has 0 rings (SSSR count). The van der Waals surface area contributed by atoms with Crippen LogP contribution in [0.3, 0.4) is 0 Å². The third kappa shape index (κ3) is 4.75. The van der Waals surface area contributed by atoms with E-state index in [0.717, 1.165) is 0 Å². The summed E-state index contributed by atoms with van der Waals surface area (Å²) in [6.07, 6.45) is -0.377. The first kappa shape index (κ1) is 9.27. The highest BCUT2D eigenvalue weighted by molar-refractivity contribution is 7.80. The van der Waals surface area contributed by atoms with Crippen LogP contribution in [0.15, 0.2) is 0 Å². The number of ether oxygens (including phenoxy) is 1. The van der Waals surface area contributed by atoms with Gasteiger partial charge in [-0.15, -0.1) is 12.6 Å². The summed E-state index contributed by atoms with van der Waals surface area (Å²) in [6, 6.07) is 0. The van der Waals surface area contributed by atoms with E-state index in [2.05, 4.69) is 12.6 Å². The molecule has 9 heavy (non-hydrogen) atoms. The molecule has 0 aromatic rings. The minimum Gasteiger partial charge on any atom is -0.390 e. The summed E-state index contributed by atoms with van der Waals surface area (Å²) in [6.45, 7) is 5.47. The Morgan fingerprint density at radius 2 is 1.78 bits per heavy atom. The second-order valence-corrected chi connectivity index (χ2v) is 2.82. The number of hydrogen-bond donors (Lipinski definition) is 2. The maximum Gasteiger partial charge on any atom is 0.126 e. The number of aliphatic hydroxyl groups excluding tert-OH is 1. The Kier molecular flexibility index (Phi) is 4.27. The fraction of sp³-hybridized carbons (Fsp3) is 1.00. The van der Waals surface area contributed by atoms with Gasteiger partial charge in [-0.3, -0.25) is 0 Å². The summed E-state index contributed by atoms with van der Waals surface area (Å²) in [5.41, 5.74) is -0.356. The van der Waals surface area contributed by atoms with Gasteiger partial charge in [-0.05, 0) is 20.8 Å². The van der Waals surface area contributed by atoms with Crippen LogP contribution in [0.25, 0.3) is 0 Å². The van der Waals surface area contributed by atoms with Gasteiger partial charge in [0, 0.05) is 0 Å². The maximum atomic E-state index is 8.87. The molecule has 3 heteroatoms. The highest BCUT2D eigenvalue weighted by Crippen LogP contribution is 2.06. The molecule has 0 saturated heterocycles. The zero-order valence-corrected chi connectivity index (χ0v) is 6.93. The average Bonchev–Trinajstić information content (AvgIpc) is 1.63. The predicted molar refractivity (Wildman–Crippen MR) is 40.7 cm³/mol. The average molecular weight is 150 g/mol. The van der Waals surface area contributed by atoms with Crippen LogP contribution in [0.4, 0.5) is 0 Å². The zero-order valence-electron chi connectivity index (χ0n) is 6.03. The number of thiol groups is 1. The van der Waals surface area contributed by atoms with Crippen LogP contribution < -0.4 is 0 Å².